The van der Waals surface area contributed by atoms with E-state index in [0.717, 1.165) is 18.3 Å². The van der Waals surface area contributed by atoms with E-state index in [-0.39, 0.29) is 11.9 Å². The molecule has 4 heterocycles. The third-order valence-corrected chi connectivity index (χ3v) is 4.83. The minimum absolute atomic E-state index is 0.262. The van der Waals surface area contributed by atoms with Crippen molar-refractivity contribution in [3.63, 3.8) is 0 Å². The van der Waals surface area contributed by atoms with Crippen molar-refractivity contribution in [1.29, 1.82) is 0 Å². The monoisotopic (exact) mass is 434 g/mol. The Kier molecular flexibility index (Phi) is 5.40. The van der Waals surface area contributed by atoms with Gasteiger partial charge in [-0.15, -0.1) is 0 Å². The number of rotatable bonds is 4. The van der Waals surface area contributed by atoms with Crippen molar-refractivity contribution >= 4 is 11.9 Å². The van der Waals surface area contributed by atoms with Crippen LogP contribution in [0.2, 0.25) is 0 Å². The Balaban J connectivity index is 1.50. The number of hydrogen-bond acceptors (Lipinski definition) is 7. The van der Waals surface area contributed by atoms with Crippen molar-refractivity contribution in [3.05, 3.63) is 58.4 Å². The van der Waals surface area contributed by atoms with Gasteiger partial charge in [0.2, 0.25) is 5.95 Å². The molecule has 3 aromatic rings. The number of alkyl halides is 3. The molecule has 0 spiro atoms. The molecule has 13 heteroatoms. The molecule has 0 bridgehead atoms. The molecule has 0 aliphatic carbocycles. The number of amides is 1. The van der Waals surface area contributed by atoms with E-state index < -0.39 is 28.9 Å². The minimum Gasteiger partial charge on any atom is -0.349 e. The van der Waals surface area contributed by atoms with E-state index in [0.29, 0.717) is 36.6 Å². The molecule has 3 aromatic heterocycles. The van der Waals surface area contributed by atoms with Gasteiger partial charge in [0.15, 0.2) is 11.5 Å². The first-order chi connectivity index (χ1) is 14.8. The Morgan fingerprint density at radius 1 is 1.16 bits per heavy atom. The number of hydrogen-bond donors (Lipinski definition) is 2. The summed E-state index contributed by atoms with van der Waals surface area (Å²) in [5, 5.41) is 11.9. The highest BCUT2D eigenvalue weighted by Crippen LogP contribution is 2.33. The Hall–Kier alpha value is -3.77. The maximum absolute atomic E-state index is 13.7. The van der Waals surface area contributed by atoms with Crippen LogP contribution in [0.15, 0.2) is 41.6 Å². The maximum atomic E-state index is 13.7. The van der Waals surface area contributed by atoms with E-state index in [1.54, 1.807) is 18.5 Å². The molecule has 1 aliphatic rings. The Labute approximate surface area is 173 Å². The fraction of sp³-hybridized carbons (Fsp3) is 0.333. The third kappa shape index (κ3) is 4.39. The molecule has 0 aromatic carbocycles. The first kappa shape index (κ1) is 20.5. The second-order valence-corrected chi connectivity index (χ2v) is 6.88. The van der Waals surface area contributed by atoms with Crippen LogP contribution in [0.5, 0.6) is 0 Å². The SMILES string of the molecule is O=C(NC1CCN(c2ncccn2)CC1)c1cnn(-c2ccc(=O)[nH]n2)c1C(F)(F)F. The topological polar surface area (TPSA) is 122 Å². The molecular formula is C18H17F3N8O2. The minimum atomic E-state index is -4.87. The van der Waals surface area contributed by atoms with Crippen LogP contribution in [0.25, 0.3) is 5.82 Å². The zero-order valence-corrected chi connectivity index (χ0v) is 16.0. The van der Waals surface area contributed by atoms with Gasteiger partial charge in [0.25, 0.3) is 11.5 Å². The number of H-pyrrole nitrogens is 1. The molecular weight excluding hydrogens is 417 g/mol. The van der Waals surface area contributed by atoms with Crippen LogP contribution in [0.1, 0.15) is 28.9 Å². The smallest absolute Gasteiger partial charge is 0.349 e. The molecule has 1 saturated heterocycles. The molecule has 0 unspecified atom stereocenters. The van der Waals surface area contributed by atoms with Crippen molar-refractivity contribution in [2.45, 2.75) is 25.1 Å². The lowest BCUT2D eigenvalue weighted by atomic mass is 10.0. The number of aromatic nitrogens is 6. The summed E-state index contributed by atoms with van der Waals surface area (Å²) in [5.74, 6) is -0.569. The summed E-state index contributed by atoms with van der Waals surface area (Å²) in [4.78, 5) is 34.1. The van der Waals surface area contributed by atoms with Crippen LogP contribution in [-0.4, -0.2) is 55.0 Å². The van der Waals surface area contributed by atoms with Crippen LogP contribution >= 0.6 is 0 Å². The standard InChI is InChI=1S/C18H17F3N8O2/c19-18(20,21)15-12(10-24-29(15)13-2-3-14(30)27-26-13)16(31)25-11-4-8-28(9-5-11)17-22-6-1-7-23-17/h1-3,6-7,10-11H,4-5,8-9H2,(H,25,31)(H,27,30). The molecule has 1 aliphatic heterocycles. The molecule has 0 atom stereocenters. The Morgan fingerprint density at radius 3 is 2.48 bits per heavy atom. The summed E-state index contributed by atoms with van der Waals surface area (Å²) >= 11 is 0. The van der Waals surface area contributed by atoms with E-state index in [4.69, 9.17) is 0 Å². The van der Waals surface area contributed by atoms with Crippen molar-refractivity contribution < 1.29 is 18.0 Å². The van der Waals surface area contributed by atoms with Crippen LogP contribution in [-0.2, 0) is 6.18 Å². The van der Waals surface area contributed by atoms with Gasteiger partial charge in [-0.2, -0.15) is 23.4 Å². The first-order valence-electron chi connectivity index (χ1n) is 9.37. The number of nitrogens with one attached hydrogen (secondary N) is 2. The van der Waals surface area contributed by atoms with Gasteiger partial charge in [-0.3, -0.25) is 9.59 Å². The summed E-state index contributed by atoms with van der Waals surface area (Å²) in [7, 11) is 0. The molecule has 1 fully saturated rings. The van der Waals surface area contributed by atoms with E-state index in [1.165, 1.54) is 0 Å². The number of nitrogens with zero attached hydrogens (tertiary/aromatic N) is 6. The second kappa shape index (κ2) is 8.16. The Bertz CT molecular complexity index is 1100. The summed E-state index contributed by atoms with van der Waals surface area (Å²) in [5.41, 5.74) is -2.45. The van der Waals surface area contributed by atoms with E-state index in [1.807, 2.05) is 10.00 Å². The normalized spacial score (nSPS) is 15.1. The number of carbonyl (C=O) groups excluding carboxylic acids is 1. The van der Waals surface area contributed by atoms with Crippen LogP contribution < -0.4 is 15.8 Å². The molecule has 4 rings (SSSR count). The first-order valence-corrected chi connectivity index (χ1v) is 9.37. The average Bonchev–Trinajstić information content (AvgIpc) is 3.21. The zero-order valence-electron chi connectivity index (χ0n) is 16.0. The van der Waals surface area contributed by atoms with Crippen molar-refractivity contribution in [1.82, 2.24) is 35.3 Å². The van der Waals surface area contributed by atoms with Crippen molar-refractivity contribution in [3.8, 4) is 5.82 Å². The number of piperidine rings is 1. The molecule has 31 heavy (non-hydrogen) atoms. The van der Waals surface area contributed by atoms with Crippen molar-refractivity contribution in [2.24, 2.45) is 0 Å². The number of halogens is 3. The number of aromatic amines is 1. The molecule has 0 radical (unpaired) electrons. The van der Waals surface area contributed by atoms with Crippen LogP contribution in [0.4, 0.5) is 19.1 Å². The van der Waals surface area contributed by atoms with E-state index in [2.05, 4.69) is 25.5 Å². The Morgan fingerprint density at radius 2 is 1.87 bits per heavy atom. The number of anilines is 1. The third-order valence-electron chi connectivity index (χ3n) is 4.83. The maximum Gasteiger partial charge on any atom is 0.434 e. The highest BCUT2D eigenvalue weighted by Gasteiger charge is 2.41. The van der Waals surface area contributed by atoms with Gasteiger partial charge in [0.1, 0.15) is 0 Å². The van der Waals surface area contributed by atoms with Crippen LogP contribution in [0, 0.1) is 0 Å². The van der Waals surface area contributed by atoms with Gasteiger partial charge in [-0.05, 0) is 25.0 Å². The zero-order chi connectivity index (χ0) is 22.0. The summed E-state index contributed by atoms with van der Waals surface area (Å²) in [6.45, 7) is 1.11. The highest BCUT2D eigenvalue weighted by atomic mass is 19.4. The lowest BCUT2D eigenvalue weighted by Gasteiger charge is -2.32. The van der Waals surface area contributed by atoms with Crippen molar-refractivity contribution in [2.75, 3.05) is 18.0 Å². The summed E-state index contributed by atoms with van der Waals surface area (Å²) < 4.78 is 41.7. The average molecular weight is 434 g/mol. The molecule has 2 N–H and O–H groups in total. The summed E-state index contributed by atoms with van der Waals surface area (Å²) in [6.07, 6.45) is 0.294. The quantitative estimate of drug-likeness (QED) is 0.632. The largest absolute Gasteiger partial charge is 0.434 e. The lowest BCUT2D eigenvalue weighted by Crippen LogP contribution is -2.45. The summed E-state index contributed by atoms with van der Waals surface area (Å²) in [6, 6.07) is 3.51. The highest BCUT2D eigenvalue weighted by molar-refractivity contribution is 5.95. The van der Waals surface area contributed by atoms with E-state index >= 15 is 0 Å². The predicted molar refractivity (Wildman–Crippen MR) is 102 cm³/mol. The van der Waals surface area contributed by atoms with Gasteiger partial charge in [0.05, 0.1) is 11.8 Å². The van der Waals surface area contributed by atoms with Gasteiger partial charge in [-0.1, -0.05) is 0 Å². The van der Waals surface area contributed by atoms with Gasteiger partial charge < -0.3 is 10.2 Å². The predicted octanol–water partition coefficient (Wildman–Crippen LogP) is 1.16. The van der Waals surface area contributed by atoms with Gasteiger partial charge in [0, 0.05) is 37.6 Å². The fourth-order valence-electron chi connectivity index (χ4n) is 3.36. The lowest BCUT2D eigenvalue weighted by molar-refractivity contribution is -0.143. The fourth-order valence-corrected chi connectivity index (χ4v) is 3.36. The molecule has 10 nitrogen and oxygen atoms in total. The van der Waals surface area contributed by atoms with Gasteiger partial charge in [-0.25, -0.2) is 19.7 Å². The second-order valence-electron chi connectivity index (χ2n) is 6.88. The number of carbonyl (C=O) groups is 1. The molecule has 162 valence electrons. The molecule has 0 saturated carbocycles. The van der Waals surface area contributed by atoms with Gasteiger partial charge >= 0.3 is 6.18 Å². The van der Waals surface area contributed by atoms with Crippen LogP contribution in [0.3, 0.4) is 0 Å². The molecule has 1 amide bonds. The van der Waals surface area contributed by atoms with E-state index in [9.17, 15) is 22.8 Å².